The number of hydrogen-bond acceptors (Lipinski definition) is 4. The molecule has 0 aliphatic carbocycles. The summed E-state index contributed by atoms with van der Waals surface area (Å²) in [6.45, 7) is 7.17. The molecule has 3 aromatic rings. The van der Waals surface area contributed by atoms with Crippen molar-refractivity contribution in [3.63, 3.8) is 0 Å². The van der Waals surface area contributed by atoms with Crippen LogP contribution in [0.1, 0.15) is 30.5 Å². The maximum atomic E-state index is 4.58. The summed E-state index contributed by atoms with van der Waals surface area (Å²) in [6, 6.07) is 21.8. The Morgan fingerprint density at radius 1 is 0.963 bits per heavy atom. The predicted octanol–water partition coefficient (Wildman–Crippen LogP) is 4.45. The van der Waals surface area contributed by atoms with Crippen molar-refractivity contribution in [1.82, 2.24) is 9.97 Å². The van der Waals surface area contributed by atoms with Crippen molar-refractivity contribution in [2.75, 3.05) is 16.3 Å². The molecule has 4 rings (SSSR count). The van der Waals surface area contributed by atoms with Crippen molar-refractivity contribution < 1.29 is 0 Å². The highest BCUT2D eigenvalue weighted by molar-refractivity contribution is 5.52. The van der Waals surface area contributed by atoms with Gasteiger partial charge in [0.1, 0.15) is 18.0 Å². The Morgan fingerprint density at radius 3 is 2.48 bits per heavy atom. The molecule has 0 bridgehead atoms. The summed E-state index contributed by atoms with van der Waals surface area (Å²) in [5, 5.41) is 0. The molecule has 1 aliphatic rings. The summed E-state index contributed by atoms with van der Waals surface area (Å²) in [5.41, 5.74) is 4.14. The Morgan fingerprint density at radius 2 is 1.70 bits per heavy atom. The van der Waals surface area contributed by atoms with Crippen molar-refractivity contribution in [2.45, 2.75) is 39.4 Å². The highest BCUT2D eigenvalue weighted by Gasteiger charge is 2.19. The predicted molar refractivity (Wildman–Crippen MR) is 111 cm³/mol. The van der Waals surface area contributed by atoms with E-state index in [1.165, 1.54) is 16.7 Å². The lowest BCUT2D eigenvalue weighted by Gasteiger charge is -2.32. The van der Waals surface area contributed by atoms with Gasteiger partial charge in [0.2, 0.25) is 0 Å². The molecule has 2 aromatic carbocycles. The fraction of sp³-hybridized carbons (Fsp3) is 0.304. The zero-order valence-corrected chi connectivity index (χ0v) is 16.0. The Labute approximate surface area is 161 Å². The van der Waals surface area contributed by atoms with Crippen LogP contribution in [-0.4, -0.2) is 22.6 Å². The van der Waals surface area contributed by atoms with Gasteiger partial charge in [-0.2, -0.15) is 0 Å². The fourth-order valence-corrected chi connectivity index (χ4v) is 3.67. The minimum absolute atomic E-state index is 0.357. The van der Waals surface area contributed by atoms with Crippen LogP contribution in [0.2, 0.25) is 0 Å². The zero-order chi connectivity index (χ0) is 18.6. The summed E-state index contributed by atoms with van der Waals surface area (Å²) < 4.78 is 0. The summed E-state index contributed by atoms with van der Waals surface area (Å²) >= 11 is 0. The molecular formula is C23H26N4. The smallest absolute Gasteiger partial charge is 0.134 e. The van der Waals surface area contributed by atoms with Crippen LogP contribution in [0, 0.1) is 0 Å². The topological polar surface area (TPSA) is 32.3 Å². The Bertz CT molecular complexity index is 892. The second-order valence-electron chi connectivity index (χ2n) is 7.38. The molecule has 0 unspecified atom stereocenters. The van der Waals surface area contributed by atoms with E-state index in [1.807, 2.05) is 0 Å². The van der Waals surface area contributed by atoms with Crippen LogP contribution in [0.5, 0.6) is 0 Å². The van der Waals surface area contributed by atoms with Gasteiger partial charge in [-0.15, -0.1) is 0 Å². The second kappa shape index (κ2) is 7.78. The average Bonchev–Trinajstić information content (AvgIpc) is 2.72. The molecule has 138 valence electrons. The number of benzene rings is 2. The molecule has 0 spiro atoms. The van der Waals surface area contributed by atoms with E-state index >= 15 is 0 Å². The van der Waals surface area contributed by atoms with Crippen molar-refractivity contribution in [2.24, 2.45) is 0 Å². The van der Waals surface area contributed by atoms with Crippen LogP contribution in [0.4, 0.5) is 11.6 Å². The van der Waals surface area contributed by atoms with Crippen molar-refractivity contribution in [3.05, 3.63) is 83.7 Å². The van der Waals surface area contributed by atoms with Gasteiger partial charge in [0, 0.05) is 31.7 Å². The maximum absolute atomic E-state index is 4.58. The number of hydrogen-bond donors (Lipinski definition) is 0. The molecule has 1 aliphatic heterocycles. The molecule has 0 N–H and O–H groups in total. The van der Waals surface area contributed by atoms with E-state index in [0.29, 0.717) is 6.04 Å². The average molecular weight is 358 g/mol. The fourth-order valence-electron chi connectivity index (χ4n) is 3.67. The van der Waals surface area contributed by atoms with Crippen molar-refractivity contribution in [3.8, 4) is 0 Å². The third-order valence-corrected chi connectivity index (χ3v) is 5.21. The first-order valence-corrected chi connectivity index (χ1v) is 9.65. The van der Waals surface area contributed by atoms with E-state index in [1.54, 1.807) is 6.33 Å². The van der Waals surface area contributed by atoms with E-state index in [2.05, 4.69) is 94.3 Å². The Hall–Kier alpha value is -2.88. The van der Waals surface area contributed by atoms with E-state index in [-0.39, 0.29) is 0 Å². The minimum Gasteiger partial charge on any atom is -0.352 e. The maximum Gasteiger partial charge on any atom is 0.134 e. The van der Waals surface area contributed by atoms with Crippen molar-refractivity contribution >= 4 is 11.6 Å². The molecule has 4 heteroatoms. The first-order chi connectivity index (χ1) is 13.2. The van der Waals surface area contributed by atoms with Gasteiger partial charge >= 0.3 is 0 Å². The van der Waals surface area contributed by atoms with Crippen LogP contribution in [0.3, 0.4) is 0 Å². The molecule has 1 aromatic heterocycles. The lowest BCUT2D eigenvalue weighted by molar-refractivity contribution is 0.668. The number of nitrogens with zero attached hydrogens (tertiary/aromatic N) is 4. The van der Waals surface area contributed by atoms with Gasteiger partial charge in [-0.1, -0.05) is 54.6 Å². The third kappa shape index (κ3) is 3.95. The van der Waals surface area contributed by atoms with E-state index in [0.717, 1.165) is 37.7 Å². The van der Waals surface area contributed by atoms with Crippen LogP contribution >= 0.6 is 0 Å². The highest BCUT2D eigenvalue weighted by Crippen LogP contribution is 2.26. The van der Waals surface area contributed by atoms with Crippen LogP contribution in [0.25, 0.3) is 0 Å². The SMILES string of the molecule is CC(C)N(Cc1ccccc1)c1cc(N2CCc3ccccc3C2)ncn1. The molecule has 0 radical (unpaired) electrons. The lowest BCUT2D eigenvalue weighted by atomic mass is 10.00. The number of aromatic nitrogens is 2. The number of anilines is 2. The molecule has 2 heterocycles. The van der Waals surface area contributed by atoms with Crippen LogP contribution < -0.4 is 9.80 Å². The molecule has 0 saturated carbocycles. The monoisotopic (exact) mass is 358 g/mol. The van der Waals surface area contributed by atoms with Gasteiger partial charge in [-0.05, 0) is 37.0 Å². The Balaban J connectivity index is 1.58. The Kier molecular flexibility index (Phi) is 5.05. The third-order valence-electron chi connectivity index (χ3n) is 5.21. The second-order valence-corrected chi connectivity index (χ2v) is 7.38. The van der Waals surface area contributed by atoms with Gasteiger partial charge in [0.05, 0.1) is 0 Å². The zero-order valence-electron chi connectivity index (χ0n) is 16.0. The van der Waals surface area contributed by atoms with Gasteiger partial charge in [-0.3, -0.25) is 0 Å². The van der Waals surface area contributed by atoms with Gasteiger partial charge in [-0.25, -0.2) is 9.97 Å². The first-order valence-electron chi connectivity index (χ1n) is 9.65. The van der Waals surface area contributed by atoms with Gasteiger partial charge in [0.25, 0.3) is 0 Å². The van der Waals surface area contributed by atoms with Crippen LogP contribution in [-0.2, 0) is 19.5 Å². The van der Waals surface area contributed by atoms with E-state index in [9.17, 15) is 0 Å². The standard InChI is InChI=1S/C23H26N4/c1-18(2)27(15-19-8-4-3-5-9-19)23-14-22(24-17-25-23)26-13-12-20-10-6-7-11-21(20)16-26/h3-11,14,17-18H,12-13,15-16H2,1-2H3. The largest absolute Gasteiger partial charge is 0.352 e. The minimum atomic E-state index is 0.357. The summed E-state index contributed by atoms with van der Waals surface area (Å²) in [5.74, 6) is 1.99. The molecule has 0 amide bonds. The van der Waals surface area contributed by atoms with Gasteiger partial charge < -0.3 is 9.80 Å². The number of rotatable bonds is 5. The van der Waals surface area contributed by atoms with E-state index < -0.39 is 0 Å². The number of fused-ring (bicyclic) bond motifs is 1. The summed E-state index contributed by atoms with van der Waals surface area (Å²) in [7, 11) is 0. The van der Waals surface area contributed by atoms with E-state index in [4.69, 9.17) is 0 Å². The molecular weight excluding hydrogens is 332 g/mol. The molecule has 0 saturated heterocycles. The van der Waals surface area contributed by atoms with Crippen LogP contribution in [0.15, 0.2) is 67.0 Å². The van der Waals surface area contributed by atoms with Crippen molar-refractivity contribution in [1.29, 1.82) is 0 Å². The lowest BCUT2D eigenvalue weighted by Crippen LogP contribution is -2.33. The highest BCUT2D eigenvalue weighted by atomic mass is 15.2. The summed E-state index contributed by atoms with van der Waals surface area (Å²) in [4.78, 5) is 13.8. The molecule has 27 heavy (non-hydrogen) atoms. The molecule has 4 nitrogen and oxygen atoms in total. The quantitative estimate of drug-likeness (QED) is 0.674. The molecule has 0 fully saturated rings. The first kappa shape index (κ1) is 17.5. The summed E-state index contributed by atoms with van der Waals surface area (Å²) in [6.07, 6.45) is 2.76. The van der Waals surface area contributed by atoms with Gasteiger partial charge in [0.15, 0.2) is 0 Å². The molecule has 0 atom stereocenters. The normalized spacial score (nSPS) is 13.5.